The molecule has 0 aliphatic carbocycles. The number of nitrogens with zero attached hydrogens (tertiary/aromatic N) is 4. The van der Waals surface area contributed by atoms with Gasteiger partial charge in [-0.05, 0) is 18.2 Å². The molecule has 0 aliphatic heterocycles. The lowest BCUT2D eigenvalue weighted by atomic mass is 10.2. The zero-order valence-corrected chi connectivity index (χ0v) is 14.5. The molecule has 0 saturated heterocycles. The summed E-state index contributed by atoms with van der Waals surface area (Å²) in [7, 11) is 5.16. The topological polar surface area (TPSA) is 84.6 Å². The Hall–Kier alpha value is -2.45. The molecule has 9 heteroatoms. The molecular formula is C15H20ClN6O2+. The molecule has 0 spiro atoms. The van der Waals surface area contributed by atoms with Crippen molar-refractivity contribution in [3.05, 3.63) is 35.9 Å². The zero-order valence-electron chi connectivity index (χ0n) is 13.8. The number of carbonyl (C=O) groups excluding carboxylic acids is 2. The smallest absolute Gasteiger partial charge is 0.279 e. The van der Waals surface area contributed by atoms with Crippen molar-refractivity contribution in [1.29, 1.82) is 0 Å². The monoisotopic (exact) mass is 351 g/mol. The Morgan fingerprint density at radius 1 is 1.33 bits per heavy atom. The van der Waals surface area contributed by atoms with Crippen molar-refractivity contribution in [1.82, 2.24) is 19.7 Å². The fraction of sp³-hybridized carbons (Fsp3) is 0.333. The van der Waals surface area contributed by atoms with E-state index in [1.807, 2.05) is 0 Å². The van der Waals surface area contributed by atoms with Crippen molar-refractivity contribution < 1.29 is 14.5 Å². The second kappa shape index (κ2) is 7.89. The quantitative estimate of drug-likeness (QED) is 0.732. The Balaban J connectivity index is 2.06. The summed E-state index contributed by atoms with van der Waals surface area (Å²) >= 11 is 6.02. The van der Waals surface area contributed by atoms with Crippen molar-refractivity contribution in [3.8, 4) is 5.69 Å². The predicted octanol–water partition coefficient (Wildman–Crippen LogP) is -0.538. The zero-order chi connectivity index (χ0) is 17.7. The van der Waals surface area contributed by atoms with Gasteiger partial charge in [0, 0.05) is 19.1 Å². The van der Waals surface area contributed by atoms with Crippen molar-refractivity contribution in [2.45, 2.75) is 0 Å². The first-order chi connectivity index (χ1) is 11.4. The van der Waals surface area contributed by atoms with Crippen LogP contribution < -0.4 is 10.2 Å². The van der Waals surface area contributed by atoms with Crippen LogP contribution in [0.25, 0.3) is 5.69 Å². The minimum Gasteiger partial charge on any atom is -0.344 e. The van der Waals surface area contributed by atoms with E-state index in [2.05, 4.69) is 15.4 Å². The molecule has 2 N–H and O–H groups in total. The third-order valence-electron chi connectivity index (χ3n) is 3.31. The molecule has 1 atom stereocenters. The van der Waals surface area contributed by atoms with Crippen LogP contribution in [-0.2, 0) is 9.59 Å². The number of hydrogen-bond acceptors (Lipinski definition) is 4. The molecule has 1 unspecified atom stereocenters. The van der Waals surface area contributed by atoms with Gasteiger partial charge in [-0.25, -0.2) is 9.67 Å². The summed E-state index contributed by atoms with van der Waals surface area (Å²) in [6.07, 6.45) is 2.94. The van der Waals surface area contributed by atoms with Gasteiger partial charge in [0.05, 0.1) is 18.4 Å². The van der Waals surface area contributed by atoms with E-state index >= 15 is 0 Å². The molecule has 1 aromatic carbocycles. The van der Waals surface area contributed by atoms with E-state index in [9.17, 15) is 9.59 Å². The van der Waals surface area contributed by atoms with Crippen LogP contribution in [0, 0.1) is 0 Å². The number of carbonyl (C=O) groups is 2. The SMILES string of the molecule is CN(C)C(=O)C[NH+](C)CC(=O)Nc1cc(Cl)ccc1-n1cncn1. The van der Waals surface area contributed by atoms with Gasteiger partial charge < -0.3 is 15.1 Å². The van der Waals surface area contributed by atoms with Gasteiger partial charge in [0.1, 0.15) is 12.7 Å². The summed E-state index contributed by atoms with van der Waals surface area (Å²) < 4.78 is 1.54. The Kier molecular flexibility index (Phi) is 5.88. The largest absolute Gasteiger partial charge is 0.344 e. The van der Waals surface area contributed by atoms with E-state index in [1.165, 1.54) is 22.2 Å². The highest BCUT2D eigenvalue weighted by Gasteiger charge is 2.17. The number of nitrogens with one attached hydrogen (secondary N) is 2. The number of likely N-dealkylation sites (N-methyl/N-ethyl adjacent to an activating group) is 2. The van der Waals surface area contributed by atoms with E-state index in [1.54, 1.807) is 39.3 Å². The average Bonchev–Trinajstić information content (AvgIpc) is 3.00. The standard InChI is InChI=1S/C15H19ClN6O2/c1-20(2)15(24)8-21(3)7-14(23)19-12-6-11(16)4-5-13(12)22-10-17-9-18-22/h4-6,9-10H,7-8H2,1-3H3,(H,19,23)/p+1. The van der Waals surface area contributed by atoms with Crippen LogP contribution in [-0.4, -0.2) is 65.7 Å². The molecule has 0 radical (unpaired) electrons. The summed E-state index contributed by atoms with van der Waals surface area (Å²) in [6, 6.07) is 5.11. The van der Waals surface area contributed by atoms with Crippen LogP contribution in [0.4, 0.5) is 5.69 Å². The lowest BCUT2D eigenvalue weighted by Gasteiger charge is -2.17. The first-order valence-electron chi connectivity index (χ1n) is 7.32. The van der Waals surface area contributed by atoms with Gasteiger partial charge in [0.15, 0.2) is 13.1 Å². The number of aromatic nitrogens is 3. The minimum absolute atomic E-state index is 0.0358. The predicted molar refractivity (Wildman–Crippen MR) is 90.3 cm³/mol. The molecule has 2 rings (SSSR count). The first-order valence-corrected chi connectivity index (χ1v) is 7.70. The maximum atomic E-state index is 12.3. The van der Waals surface area contributed by atoms with Gasteiger partial charge in [0.2, 0.25) is 0 Å². The lowest BCUT2D eigenvalue weighted by Crippen LogP contribution is -3.11. The summed E-state index contributed by atoms with van der Waals surface area (Å²) in [6.45, 7) is 0.398. The van der Waals surface area contributed by atoms with E-state index in [0.717, 1.165) is 4.90 Å². The van der Waals surface area contributed by atoms with Gasteiger partial charge in [0.25, 0.3) is 11.8 Å². The molecule has 0 fully saturated rings. The van der Waals surface area contributed by atoms with Crippen LogP contribution in [0.3, 0.4) is 0 Å². The Morgan fingerprint density at radius 3 is 2.71 bits per heavy atom. The van der Waals surface area contributed by atoms with Gasteiger partial charge in [-0.15, -0.1) is 0 Å². The van der Waals surface area contributed by atoms with Crippen LogP contribution in [0.2, 0.25) is 5.02 Å². The van der Waals surface area contributed by atoms with E-state index in [4.69, 9.17) is 11.6 Å². The lowest BCUT2D eigenvalue weighted by molar-refractivity contribution is -0.862. The van der Waals surface area contributed by atoms with Crippen LogP contribution in [0.1, 0.15) is 0 Å². The number of hydrogen-bond donors (Lipinski definition) is 2. The number of anilines is 1. The summed E-state index contributed by atoms with van der Waals surface area (Å²) in [5.74, 6) is -0.256. The Bertz CT molecular complexity index is 717. The summed E-state index contributed by atoms with van der Waals surface area (Å²) in [5, 5.41) is 7.37. The van der Waals surface area contributed by atoms with Crippen molar-refractivity contribution in [2.24, 2.45) is 0 Å². The number of rotatable bonds is 6. The molecule has 24 heavy (non-hydrogen) atoms. The van der Waals surface area contributed by atoms with Crippen molar-refractivity contribution >= 4 is 29.1 Å². The van der Waals surface area contributed by atoms with Crippen LogP contribution >= 0.6 is 11.6 Å². The number of amides is 2. The second-order valence-corrected chi connectivity index (χ2v) is 6.08. The first kappa shape index (κ1) is 17.9. The van der Waals surface area contributed by atoms with Gasteiger partial charge in [-0.2, -0.15) is 5.10 Å². The van der Waals surface area contributed by atoms with Gasteiger partial charge in [-0.3, -0.25) is 9.59 Å². The summed E-state index contributed by atoms with van der Waals surface area (Å²) in [5.41, 5.74) is 1.19. The van der Waals surface area contributed by atoms with Crippen molar-refractivity contribution in [3.63, 3.8) is 0 Å². The molecule has 8 nitrogen and oxygen atoms in total. The fourth-order valence-corrected chi connectivity index (χ4v) is 2.26. The molecule has 2 amide bonds. The van der Waals surface area contributed by atoms with Crippen LogP contribution in [0.5, 0.6) is 0 Å². The number of benzene rings is 1. The highest BCUT2D eigenvalue weighted by atomic mass is 35.5. The molecule has 2 aromatic rings. The number of quaternary nitrogens is 1. The maximum Gasteiger partial charge on any atom is 0.279 e. The average molecular weight is 352 g/mol. The van der Waals surface area contributed by atoms with E-state index in [0.29, 0.717) is 16.4 Å². The van der Waals surface area contributed by atoms with Gasteiger partial charge in [-0.1, -0.05) is 11.6 Å². The molecule has 128 valence electrons. The second-order valence-electron chi connectivity index (χ2n) is 5.65. The molecule has 0 saturated carbocycles. The molecule has 1 aromatic heterocycles. The molecule has 0 bridgehead atoms. The molecular weight excluding hydrogens is 332 g/mol. The molecule has 1 heterocycles. The van der Waals surface area contributed by atoms with E-state index < -0.39 is 0 Å². The van der Waals surface area contributed by atoms with E-state index in [-0.39, 0.29) is 24.9 Å². The Morgan fingerprint density at radius 2 is 2.08 bits per heavy atom. The molecule has 0 aliphatic rings. The Labute approximate surface area is 145 Å². The third-order valence-corrected chi connectivity index (χ3v) is 3.55. The van der Waals surface area contributed by atoms with Crippen molar-refractivity contribution in [2.75, 3.05) is 39.5 Å². The highest BCUT2D eigenvalue weighted by Crippen LogP contribution is 2.23. The highest BCUT2D eigenvalue weighted by molar-refractivity contribution is 6.31. The third kappa shape index (κ3) is 4.77. The maximum absolute atomic E-state index is 12.3. The summed E-state index contributed by atoms with van der Waals surface area (Å²) in [4.78, 5) is 30.1. The fourth-order valence-electron chi connectivity index (χ4n) is 2.09. The number of halogens is 1. The van der Waals surface area contributed by atoms with Gasteiger partial charge >= 0.3 is 0 Å². The van der Waals surface area contributed by atoms with Crippen LogP contribution in [0.15, 0.2) is 30.9 Å². The normalized spacial score (nSPS) is 11.8. The minimum atomic E-state index is -0.220.